The number of nitrogens with zero attached hydrogens (tertiary/aromatic N) is 2. The Morgan fingerprint density at radius 2 is 1.90 bits per heavy atom. The van der Waals surface area contributed by atoms with Gasteiger partial charge in [-0.1, -0.05) is 35.1 Å². The molecule has 2 aromatic heterocycles. The number of thiazole rings is 1. The number of thioether (sulfide) groups is 1. The predicted octanol–water partition coefficient (Wildman–Crippen LogP) is 5.22. The number of esters is 2. The van der Waals surface area contributed by atoms with E-state index >= 15 is 0 Å². The summed E-state index contributed by atoms with van der Waals surface area (Å²) in [5.74, 6) is -0.146. The van der Waals surface area contributed by atoms with E-state index in [1.54, 1.807) is 62.0 Å². The molecule has 8 nitrogen and oxygen atoms in total. The number of methoxy groups -OCH3 is 1. The summed E-state index contributed by atoms with van der Waals surface area (Å²) in [6.07, 6.45) is 3.62. The zero-order valence-electron chi connectivity index (χ0n) is 22.6. The minimum atomic E-state index is -0.693. The SMILES string of the molecule is CCOC(=O)C1=C(C)N=c2s/c(=C\c3ccc(-c4ccc(Cl)c(C(=O)OC)c4)o3)c(=O)n2[C@H]1c1ccc(SC)cc1. The van der Waals surface area contributed by atoms with Gasteiger partial charge in [-0.3, -0.25) is 9.36 Å². The summed E-state index contributed by atoms with van der Waals surface area (Å²) in [7, 11) is 1.29. The van der Waals surface area contributed by atoms with Crippen molar-refractivity contribution in [1.82, 2.24) is 4.57 Å². The minimum absolute atomic E-state index is 0.202. The van der Waals surface area contributed by atoms with Gasteiger partial charge in [0.2, 0.25) is 0 Å². The number of carbonyl (C=O) groups excluding carboxylic acids is 2. The van der Waals surface area contributed by atoms with Crippen molar-refractivity contribution in [1.29, 1.82) is 0 Å². The fourth-order valence-electron chi connectivity index (χ4n) is 4.55. The molecular formula is C30H25ClN2O6S2. The monoisotopic (exact) mass is 608 g/mol. The van der Waals surface area contributed by atoms with E-state index in [1.807, 2.05) is 30.5 Å². The third-order valence-electron chi connectivity index (χ3n) is 6.50. The maximum atomic E-state index is 13.8. The summed E-state index contributed by atoms with van der Waals surface area (Å²) in [6.45, 7) is 3.69. The molecule has 0 saturated carbocycles. The Morgan fingerprint density at radius 3 is 2.59 bits per heavy atom. The number of fused-ring (bicyclic) bond motifs is 1. The van der Waals surface area contributed by atoms with Gasteiger partial charge in [0.05, 0.1) is 46.1 Å². The first-order valence-electron chi connectivity index (χ1n) is 12.6. The Labute approximate surface area is 248 Å². The van der Waals surface area contributed by atoms with E-state index < -0.39 is 18.0 Å². The molecule has 0 aliphatic carbocycles. The highest BCUT2D eigenvalue weighted by molar-refractivity contribution is 7.98. The van der Waals surface area contributed by atoms with Crippen LogP contribution in [-0.4, -0.2) is 36.5 Å². The maximum Gasteiger partial charge on any atom is 0.339 e. The summed E-state index contributed by atoms with van der Waals surface area (Å²) in [5.41, 5.74) is 2.14. The Bertz CT molecular complexity index is 1870. The number of benzene rings is 2. The van der Waals surface area contributed by atoms with Gasteiger partial charge in [0.15, 0.2) is 4.80 Å². The number of rotatable bonds is 7. The van der Waals surface area contributed by atoms with Crippen molar-refractivity contribution in [3.05, 3.63) is 107 Å². The lowest BCUT2D eigenvalue weighted by molar-refractivity contribution is -0.139. The first-order chi connectivity index (χ1) is 19.7. The summed E-state index contributed by atoms with van der Waals surface area (Å²) in [5, 5.41) is 0.267. The molecule has 0 unspecified atom stereocenters. The van der Waals surface area contributed by atoms with Gasteiger partial charge in [-0.05, 0) is 68.1 Å². The minimum Gasteiger partial charge on any atom is -0.465 e. The van der Waals surface area contributed by atoms with Crippen LogP contribution in [0.3, 0.4) is 0 Å². The van der Waals surface area contributed by atoms with Crippen molar-refractivity contribution in [3.63, 3.8) is 0 Å². The fraction of sp³-hybridized carbons (Fsp3) is 0.200. The first-order valence-corrected chi connectivity index (χ1v) is 15.0. The molecule has 5 rings (SSSR count). The van der Waals surface area contributed by atoms with Crippen molar-refractivity contribution < 1.29 is 23.5 Å². The number of furan rings is 1. The van der Waals surface area contributed by atoms with Gasteiger partial charge in [0.25, 0.3) is 5.56 Å². The fourth-order valence-corrected chi connectivity index (χ4v) is 6.18. The average Bonchev–Trinajstić information content (AvgIpc) is 3.56. The van der Waals surface area contributed by atoms with Gasteiger partial charge < -0.3 is 13.9 Å². The van der Waals surface area contributed by atoms with Gasteiger partial charge in [-0.15, -0.1) is 11.8 Å². The van der Waals surface area contributed by atoms with Crippen LogP contribution in [0.4, 0.5) is 0 Å². The van der Waals surface area contributed by atoms with Gasteiger partial charge in [0.1, 0.15) is 11.5 Å². The molecule has 4 aromatic rings. The number of aromatic nitrogens is 1. The van der Waals surface area contributed by atoms with Crippen LogP contribution in [0.15, 0.2) is 85.0 Å². The molecule has 210 valence electrons. The van der Waals surface area contributed by atoms with Gasteiger partial charge in [-0.25, -0.2) is 14.6 Å². The molecule has 1 atom stereocenters. The van der Waals surface area contributed by atoms with Crippen molar-refractivity contribution in [3.8, 4) is 11.3 Å². The molecule has 0 radical (unpaired) electrons. The van der Waals surface area contributed by atoms with Crippen molar-refractivity contribution >= 4 is 52.7 Å². The molecule has 0 N–H and O–H groups in total. The van der Waals surface area contributed by atoms with Crippen LogP contribution in [0.1, 0.15) is 41.6 Å². The second kappa shape index (κ2) is 11.9. The molecule has 0 saturated heterocycles. The normalized spacial score (nSPS) is 15.0. The summed E-state index contributed by atoms with van der Waals surface area (Å²) in [4.78, 5) is 45.1. The number of carbonyl (C=O) groups is 2. The lowest BCUT2D eigenvalue weighted by Crippen LogP contribution is -2.39. The molecule has 0 bridgehead atoms. The number of ether oxygens (including phenoxy) is 2. The molecule has 0 amide bonds. The smallest absolute Gasteiger partial charge is 0.339 e. The molecule has 1 aliphatic rings. The van der Waals surface area contributed by atoms with Gasteiger partial charge in [-0.2, -0.15) is 0 Å². The second-order valence-electron chi connectivity index (χ2n) is 8.96. The highest BCUT2D eigenvalue weighted by Crippen LogP contribution is 2.32. The zero-order chi connectivity index (χ0) is 29.3. The first kappa shape index (κ1) is 28.7. The van der Waals surface area contributed by atoms with Crippen LogP contribution in [0.2, 0.25) is 5.02 Å². The zero-order valence-corrected chi connectivity index (χ0v) is 25.0. The standard InChI is InChI=1S/C30H25ClN2O6S2/c1-5-38-29(36)25-16(2)32-30-33(26(25)17-6-10-20(40-4)11-7-17)27(34)24(41-30)15-19-9-13-23(39-19)18-8-12-22(31)21(14-18)28(35)37-3/h6-15,26H,5H2,1-4H3/b24-15-/t26-/m0/s1. The maximum absolute atomic E-state index is 13.8. The predicted molar refractivity (Wildman–Crippen MR) is 159 cm³/mol. The molecule has 1 aliphatic heterocycles. The number of allylic oxidation sites excluding steroid dienone is 1. The van der Waals surface area contributed by atoms with Crippen molar-refractivity contribution in [2.45, 2.75) is 24.8 Å². The number of hydrogen-bond acceptors (Lipinski definition) is 9. The number of hydrogen-bond donors (Lipinski definition) is 0. The Hall–Kier alpha value is -3.86. The molecule has 11 heteroatoms. The van der Waals surface area contributed by atoms with E-state index in [1.165, 1.54) is 23.0 Å². The largest absolute Gasteiger partial charge is 0.465 e. The van der Waals surface area contributed by atoms with E-state index in [4.69, 9.17) is 25.5 Å². The van der Waals surface area contributed by atoms with Crippen LogP contribution in [-0.2, 0) is 14.3 Å². The van der Waals surface area contributed by atoms with E-state index in [9.17, 15) is 14.4 Å². The van der Waals surface area contributed by atoms with Crippen LogP contribution in [0.5, 0.6) is 0 Å². The van der Waals surface area contributed by atoms with E-state index in [-0.39, 0.29) is 22.8 Å². The summed E-state index contributed by atoms with van der Waals surface area (Å²) < 4.78 is 18.1. The van der Waals surface area contributed by atoms with Crippen LogP contribution in [0, 0.1) is 0 Å². The highest BCUT2D eigenvalue weighted by atomic mass is 35.5. The lowest BCUT2D eigenvalue weighted by atomic mass is 9.96. The third-order valence-corrected chi connectivity index (χ3v) is 8.56. The van der Waals surface area contributed by atoms with Crippen LogP contribution in [0.25, 0.3) is 17.4 Å². The van der Waals surface area contributed by atoms with Crippen LogP contribution < -0.4 is 14.9 Å². The van der Waals surface area contributed by atoms with Gasteiger partial charge >= 0.3 is 11.9 Å². The van der Waals surface area contributed by atoms with E-state index in [0.717, 1.165) is 10.5 Å². The lowest BCUT2D eigenvalue weighted by Gasteiger charge is -2.24. The third kappa shape index (κ3) is 5.55. The molecule has 41 heavy (non-hydrogen) atoms. The van der Waals surface area contributed by atoms with Gasteiger partial charge in [0, 0.05) is 16.5 Å². The van der Waals surface area contributed by atoms with E-state index in [0.29, 0.717) is 37.7 Å². The summed E-state index contributed by atoms with van der Waals surface area (Å²) >= 11 is 8.96. The topological polar surface area (TPSA) is 100 Å². The molecule has 2 aromatic carbocycles. The Balaban J connectivity index is 1.59. The highest BCUT2D eigenvalue weighted by Gasteiger charge is 2.33. The molecule has 0 fully saturated rings. The molecular weight excluding hydrogens is 584 g/mol. The molecule has 3 heterocycles. The van der Waals surface area contributed by atoms with Crippen molar-refractivity contribution in [2.75, 3.05) is 20.0 Å². The summed E-state index contributed by atoms with van der Waals surface area (Å²) in [6, 6.07) is 15.4. The number of halogens is 1. The second-order valence-corrected chi connectivity index (χ2v) is 11.3. The quantitative estimate of drug-likeness (QED) is 0.209. The Morgan fingerprint density at radius 1 is 1.15 bits per heavy atom. The average molecular weight is 609 g/mol. The van der Waals surface area contributed by atoms with Crippen molar-refractivity contribution in [2.24, 2.45) is 4.99 Å². The Kier molecular flexibility index (Phi) is 8.35. The molecule has 0 spiro atoms. The van der Waals surface area contributed by atoms with E-state index in [2.05, 4.69) is 4.99 Å². The van der Waals surface area contributed by atoms with Crippen LogP contribution >= 0.6 is 34.7 Å².